The Kier molecular flexibility index (Phi) is 5.13. The van der Waals surface area contributed by atoms with Crippen molar-refractivity contribution in [1.82, 2.24) is 4.98 Å². The van der Waals surface area contributed by atoms with Gasteiger partial charge in [0.15, 0.2) is 0 Å². The maximum absolute atomic E-state index is 6.25. The molecule has 100 valence electrons. The molecular formula is C15H16Br2N2. The van der Waals surface area contributed by atoms with Crippen LogP contribution in [0.25, 0.3) is 0 Å². The molecule has 0 bridgehead atoms. The molecule has 2 rings (SSSR count). The Morgan fingerprint density at radius 3 is 2.37 bits per heavy atom. The molecule has 0 aliphatic rings. The van der Waals surface area contributed by atoms with E-state index in [-0.39, 0.29) is 6.04 Å². The molecule has 0 saturated heterocycles. The molecule has 0 aliphatic carbocycles. The van der Waals surface area contributed by atoms with Gasteiger partial charge in [0, 0.05) is 33.3 Å². The summed E-state index contributed by atoms with van der Waals surface area (Å²) in [6.07, 6.45) is 3.68. The van der Waals surface area contributed by atoms with E-state index in [4.69, 9.17) is 5.73 Å². The Bertz CT molecular complexity index is 532. The van der Waals surface area contributed by atoms with Gasteiger partial charge in [0.1, 0.15) is 0 Å². The highest BCUT2D eigenvalue weighted by molar-refractivity contribution is 9.11. The van der Waals surface area contributed by atoms with E-state index in [1.54, 1.807) is 0 Å². The largest absolute Gasteiger partial charge is 0.324 e. The quantitative estimate of drug-likeness (QED) is 0.848. The first-order valence-electron chi connectivity index (χ1n) is 6.24. The van der Waals surface area contributed by atoms with E-state index in [0.29, 0.717) is 0 Å². The lowest BCUT2D eigenvalue weighted by Gasteiger charge is -2.13. The van der Waals surface area contributed by atoms with Crippen molar-refractivity contribution >= 4 is 31.9 Å². The van der Waals surface area contributed by atoms with Crippen molar-refractivity contribution < 1.29 is 0 Å². The van der Waals surface area contributed by atoms with Gasteiger partial charge in [0.05, 0.1) is 0 Å². The van der Waals surface area contributed by atoms with Gasteiger partial charge in [-0.3, -0.25) is 4.98 Å². The molecule has 4 heteroatoms. The minimum atomic E-state index is -0.0474. The van der Waals surface area contributed by atoms with Gasteiger partial charge < -0.3 is 5.73 Å². The molecule has 1 heterocycles. The van der Waals surface area contributed by atoms with Crippen LogP contribution in [0, 0.1) is 0 Å². The molecular weight excluding hydrogens is 368 g/mol. The van der Waals surface area contributed by atoms with E-state index in [1.165, 1.54) is 5.56 Å². The summed E-state index contributed by atoms with van der Waals surface area (Å²) in [5, 5.41) is 0. The van der Waals surface area contributed by atoms with Gasteiger partial charge in [-0.05, 0) is 41.8 Å². The Hall–Kier alpha value is -0.710. The SMILES string of the molecule is CCc1ccc(CC(N)c2cc(Br)cc(Br)c2)nc1. The van der Waals surface area contributed by atoms with Gasteiger partial charge in [-0.1, -0.05) is 44.8 Å². The fourth-order valence-corrected chi connectivity index (χ4v) is 3.25. The molecule has 0 saturated carbocycles. The van der Waals surface area contributed by atoms with Crippen molar-refractivity contribution in [2.24, 2.45) is 5.73 Å². The van der Waals surface area contributed by atoms with Crippen molar-refractivity contribution in [1.29, 1.82) is 0 Å². The first kappa shape index (κ1) is 14.7. The van der Waals surface area contributed by atoms with Gasteiger partial charge in [-0.15, -0.1) is 0 Å². The number of hydrogen-bond donors (Lipinski definition) is 1. The number of hydrogen-bond acceptors (Lipinski definition) is 2. The van der Waals surface area contributed by atoms with Crippen LogP contribution < -0.4 is 5.73 Å². The lowest BCUT2D eigenvalue weighted by atomic mass is 10.0. The molecule has 1 unspecified atom stereocenters. The van der Waals surface area contributed by atoms with Crippen molar-refractivity contribution in [3.8, 4) is 0 Å². The summed E-state index contributed by atoms with van der Waals surface area (Å²) in [4.78, 5) is 4.46. The second-order valence-corrected chi connectivity index (χ2v) is 6.36. The molecule has 2 N–H and O–H groups in total. The summed E-state index contributed by atoms with van der Waals surface area (Å²) in [5.74, 6) is 0. The topological polar surface area (TPSA) is 38.9 Å². The highest BCUT2D eigenvalue weighted by Gasteiger charge is 2.09. The molecule has 1 aromatic carbocycles. The van der Waals surface area contributed by atoms with Crippen molar-refractivity contribution in [2.45, 2.75) is 25.8 Å². The van der Waals surface area contributed by atoms with Crippen LogP contribution in [0.4, 0.5) is 0 Å². The van der Waals surface area contributed by atoms with Crippen LogP contribution in [0.5, 0.6) is 0 Å². The van der Waals surface area contributed by atoms with E-state index in [0.717, 1.165) is 33.0 Å². The molecule has 0 aliphatic heterocycles. The van der Waals surface area contributed by atoms with E-state index >= 15 is 0 Å². The Labute approximate surface area is 130 Å². The number of nitrogens with two attached hydrogens (primary N) is 1. The van der Waals surface area contributed by atoms with Gasteiger partial charge in [-0.25, -0.2) is 0 Å². The fourth-order valence-electron chi connectivity index (χ4n) is 1.92. The van der Waals surface area contributed by atoms with Crippen molar-refractivity contribution in [3.63, 3.8) is 0 Å². The monoisotopic (exact) mass is 382 g/mol. The first-order chi connectivity index (χ1) is 9.08. The lowest BCUT2D eigenvalue weighted by molar-refractivity contribution is 0.705. The Morgan fingerprint density at radius 2 is 1.84 bits per heavy atom. The molecule has 0 spiro atoms. The summed E-state index contributed by atoms with van der Waals surface area (Å²) >= 11 is 6.97. The van der Waals surface area contributed by atoms with Crippen LogP contribution in [0.2, 0.25) is 0 Å². The number of benzene rings is 1. The zero-order valence-electron chi connectivity index (χ0n) is 10.7. The van der Waals surface area contributed by atoms with Crippen LogP contribution in [0.1, 0.15) is 29.8 Å². The average Bonchev–Trinajstić information content (AvgIpc) is 2.38. The van der Waals surface area contributed by atoms with Crippen molar-refractivity contribution in [3.05, 3.63) is 62.3 Å². The van der Waals surface area contributed by atoms with Crippen LogP contribution in [0.3, 0.4) is 0 Å². The average molecular weight is 384 g/mol. The molecule has 1 aromatic heterocycles. The minimum absolute atomic E-state index is 0.0474. The molecule has 1 atom stereocenters. The predicted octanol–water partition coefficient (Wildman–Crippen LogP) is 4.41. The van der Waals surface area contributed by atoms with Crippen LogP contribution in [-0.2, 0) is 12.8 Å². The van der Waals surface area contributed by atoms with Gasteiger partial charge in [0.2, 0.25) is 0 Å². The standard InChI is InChI=1S/C15H16Br2N2/c1-2-10-3-4-14(19-9-10)8-15(18)11-5-12(16)7-13(17)6-11/h3-7,9,15H,2,8,18H2,1H3. The summed E-state index contributed by atoms with van der Waals surface area (Å²) in [7, 11) is 0. The summed E-state index contributed by atoms with van der Waals surface area (Å²) < 4.78 is 2.06. The maximum atomic E-state index is 6.25. The van der Waals surface area contributed by atoms with Gasteiger partial charge >= 0.3 is 0 Å². The third-order valence-electron chi connectivity index (χ3n) is 3.04. The zero-order chi connectivity index (χ0) is 13.8. The molecule has 2 aromatic rings. The van der Waals surface area contributed by atoms with Gasteiger partial charge in [0.25, 0.3) is 0 Å². The minimum Gasteiger partial charge on any atom is -0.324 e. The highest BCUT2D eigenvalue weighted by Crippen LogP contribution is 2.24. The van der Waals surface area contributed by atoms with Crippen LogP contribution in [0.15, 0.2) is 45.5 Å². The maximum Gasteiger partial charge on any atom is 0.0422 e. The molecule has 19 heavy (non-hydrogen) atoms. The van der Waals surface area contributed by atoms with Crippen LogP contribution in [-0.4, -0.2) is 4.98 Å². The number of pyridine rings is 1. The lowest BCUT2D eigenvalue weighted by Crippen LogP contribution is -2.14. The third kappa shape index (κ3) is 4.13. The smallest absolute Gasteiger partial charge is 0.0422 e. The number of aryl methyl sites for hydroxylation is 1. The van der Waals surface area contributed by atoms with E-state index in [2.05, 4.69) is 68.0 Å². The fraction of sp³-hybridized carbons (Fsp3) is 0.267. The summed E-state index contributed by atoms with van der Waals surface area (Å²) in [6, 6.07) is 10.2. The molecule has 0 amide bonds. The molecule has 0 fully saturated rings. The zero-order valence-corrected chi connectivity index (χ0v) is 13.9. The highest BCUT2D eigenvalue weighted by atomic mass is 79.9. The summed E-state index contributed by atoms with van der Waals surface area (Å²) in [5.41, 5.74) is 9.63. The Balaban J connectivity index is 2.13. The molecule has 2 nitrogen and oxygen atoms in total. The van der Waals surface area contributed by atoms with E-state index in [9.17, 15) is 0 Å². The third-order valence-corrected chi connectivity index (χ3v) is 3.95. The number of halogens is 2. The summed E-state index contributed by atoms with van der Waals surface area (Å²) in [6.45, 7) is 2.13. The van der Waals surface area contributed by atoms with E-state index in [1.807, 2.05) is 12.3 Å². The number of nitrogens with zero attached hydrogens (tertiary/aromatic N) is 1. The van der Waals surface area contributed by atoms with Gasteiger partial charge in [-0.2, -0.15) is 0 Å². The first-order valence-corrected chi connectivity index (χ1v) is 7.82. The number of aromatic nitrogens is 1. The predicted molar refractivity (Wildman–Crippen MR) is 86.1 cm³/mol. The second-order valence-electron chi connectivity index (χ2n) is 4.52. The van der Waals surface area contributed by atoms with Crippen LogP contribution >= 0.6 is 31.9 Å². The van der Waals surface area contributed by atoms with Crippen molar-refractivity contribution in [2.75, 3.05) is 0 Å². The number of rotatable bonds is 4. The second kappa shape index (κ2) is 6.64. The Morgan fingerprint density at radius 1 is 1.16 bits per heavy atom. The van der Waals surface area contributed by atoms with E-state index < -0.39 is 0 Å². The molecule has 0 radical (unpaired) electrons. The normalized spacial score (nSPS) is 12.4.